The van der Waals surface area contributed by atoms with Gasteiger partial charge in [0.05, 0.1) is 12.7 Å². The third-order valence-electron chi connectivity index (χ3n) is 3.55. The molecule has 88 valence electrons. The predicted molar refractivity (Wildman–Crippen MR) is 64.7 cm³/mol. The quantitative estimate of drug-likeness (QED) is 0.845. The Kier molecular flexibility index (Phi) is 3.49. The molecule has 1 N–H and O–H groups in total. The van der Waals surface area contributed by atoms with Gasteiger partial charge in [0.1, 0.15) is 5.75 Å². The second-order valence-electron chi connectivity index (χ2n) is 4.78. The van der Waals surface area contributed by atoms with E-state index in [1.54, 1.807) is 7.11 Å². The van der Waals surface area contributed by atoms with Crippen molar-refractivity contribution in [2.45, 2.75) is 44.1 Å². The van der Waals surface area contributed by atoms with Crippen LogP contribution in [0.2, 0.25) is 0 Å². The van der Waals surface area contributed by atoms with Gasteiger partial charge >= 0.3 is 0 Å². The van der Waals surface area contributed by atoms with E-state index in [-0.39, 0.29) is 0 Å². The fraction of sp³-hybridized carbons (Fsp3) is 0.571. The van der Waals surface area contributed by atoms with E-state index >= 15 is 0 Å². The summed E-state index contributed by atoms with van der Waals surface area (Å²) in [5.41, 5.74) is 0.850. The normalized spacial score (nSPS) is 18.6. The lowest BCUT2D eigenvalue weighted by atomic mass is 9.93. The molecule has 0 bridgehead atoms. The molecule has 1 aliphatic carbocycles. The van der Waals surface area contributed by atoms with Crippen LogP contribution in [0.3, 0.4) is 0 Å². The fourth-order valence-corrected chi connectivity index (χ4v) is 2.49. The molecule has 0 radical (unpaired) electrons. The third kappa shape index (κ3) is 2.76. The molecule has 1 saturated carbocycles. The number of ether oxygens (including phenoxy) is 1. The molecule has 1 aromatic carbocycles. The molecular formula is C14H20O2. The van der Waals surface area contributed by atoms with Crippen LogP contribution in [-0.2, 0) is 6.42 Å². The van der Waals surface area contributed by atoms with Gasteiger partial charge in [-0.2, -0.15) is 0 Å². The molecule has 0 amide bonds. The summed E-state index contributed by atoms with van der Waals surface area (Å²) in [4.78, 5) is 0. The molecule has 0 saturated heterocycles. The van der Waals surface area contributed by atoms with E-state index in [1.807, 2.05) is 12.1 Å². The number of hydrogen-bond acceptors (Lipinski definition) is 2. The van der Waals surface area contributed by atoms with Crippen LogP contribution in [0.5, 0.6) is 5.75 Å². The molecular weight excluding hydrogens is 200 g/mol. The topological polar surface area (TPSA) is 29.5 Å². The van der Waals surface area contributed by atoms with Crippen LogP contribution in [0.1, 0.15) is 37.7 Å². The number of aliphatic hydroxyl groups is 1. The SMILES string of the molecule is COc1cccc(CCC2(O)CCCC2)c1. The Morgan fingerprint density at radius 3 is 2.75 bits per heavy atom. The van der Waals surface area contributed by atoms with E-state index in [1.165, 1.54) is 18.4 Å². The van der Waals surface area contributed by atoms with E-state index in [0.717, 1.165) is 31.4 Å². The first-order valence-corrected chi connectivity index (χ1v) is 6.07. The minimum atomic E-state index is -0.400. The Bertz CT molecular complexity index is 340. The van der Waals surface area contributed by atoms with Crippen molar-refractivity contribution in [3.63, 3.8) is 0 Å². The maximum absolute atomic E-state index is 10.2. The van der Waals surface area contributed by atoms with Crippen molar-refractivity contribution in [2.24, 2.45) is 0 Å². The molecule has 2 heteroatoms. The van der Waals surface area contributed by atoms with Gasteiger partial charge in [-0.1, -0.05) is 25.0 Å². The Balaban J connectivity index is 1.93. The van der Waals surface area contributed by atoms with Crippen LogP contribution < -0.4 is 4.74 Å². The van der Waals surface area contributed by atoms with Gasteiger partial charge in [0.25, 0.3) is 0 Å². The molecule has 0 aromatic heterocycles. The van der Waals surface area contributed by atoms with Crippen molar-refractivity contribution in [1.82, 2.24) is 0 Å². The monoisotopic (exact) mass is 220 g/mol. The predicted octanol–water partition coefficient (Wildman–Crippen LogP) is 2.93. The summed E-state index contributed by atoms with van der Waals surface area (Å²) in [5.74, 6) is 0.899. The lowest BCUT2D eigenvalue weighted by molar-refractivity contribution is 0.0391. The lowest BCUT2D eigenvalue weighted by Crippen LogP contribution is -2.24. The van der Waals surface area contributed by atoms with Gasteiger partial charge in [0, 0.05) is 0 Å². The van der Waals surface area contributed by atoms with E-state index in [2.05, 4.69) is 12.1 Å². The van der Waals surface area contributed by atoms with Crippen LogP contribution >= 0.6 is 0 Å². The number of rotatable bonds is 4. The summed E-state index contributed by atoms with van der Waals surface area (Å²) < 4.78 is 5.19. The van der Waals surface area contributed by atoms with E-state index in [0.29, 0.717) is 0 Å². The maximum Gasteiger partial charge on any atom is 0.119 e. The summed E-state index contributed by atoms with van der Waals surface area (Å²) in [5, 5.41) is 10.2. The molecule has 0 heterocycles. The van der Waals surface area contributed by atoms with Gasteiger partial charge in [-0.15, -0.1) is 0 Å². The van der Waals surface area contributed by atoms with Crippen molar-refractivity contribution in [1.29, 1.82) is 0 Å². The second-order valence-corrected chi connectivity index (χ2v) is 4.78. The lowest BCUT2D eigenvalue weighted by Gasteiger charge is -2.21. The maximum atomic E-state index is 10.2. The zero-order valence-corrected chi connectivity index (χ0v) is 9.91. The van der Waals surface area contributed by atoms with E-state index < -0.39 is 5.60 Å². The second kappa shape index (κ2) is 4.88. The Hall–Kier alpha value is -1.02. The highest BCUT2D eigenvalue weighted by atomic mass is 16.5. The minimum absolute atomic E-state index is 0.400. The number of benzene rings is 1. The molecule has 2 rings (SSSR count). The Morgan fingerprint density at radius 1 is 1.31 bits per heavy atom. The number of aryl methyl sites for hydroxylation is 1. The van der Waals surface area contributed by atoms with Crippen LogP contribution in [-0.4, -0.2) is 17.8 Å². The summed E-state index contributed by atoms with van der Waals surface area (Å²) in [6, 6.07) is 8.11. The summed E-state index contributed by atoms with van der Waals surface area (Å²) in [6.07, 6.45) is 6.10. The summed E-state index contributed by atoms with van der Waals surface area (Å²) in [7, 11) is 1.68. The van der Waals surface area contributed by atoms with Crippen LogP contribution in [0.15, 0.2) is 24.3 Å². The Morgan fingerprint density at radius 2 is 2.06 bits per heavy atom. The van der Waals surface area contributed by atoms with E-state index in [4.69, 9.17) is 4.74 Å². The molecule has 1 aromatic rings. The average molecular weight is 220 g/mol. The minimum Gasteiger partial charge on any atom is -0.497 e. The van der Waals surface area contributed by atoms with Crippen LogP contribution in [0.4, 0.5) is 0 Å². The van der Waals surface area contributed by atoms with Crippen molar-refractivity contribution in [3.8, 4) is 5.75 Å². The van der Waals surface area contributed by atoms with Gasteiger partial charge in [-0.3, -0.25) is 0 Å². The highest BCUT2D eigenvalue weighted by Gasteiger charge is 2.30. The summed E-state index contributed by atoms with van der Waals surface area (Å²) in [6.45, 7) is 0. The van der Waals surface area contributed by atoms with Gasteiger partial charge in [-0.05, 0) is 43.4 Å². The molecule has 1 aliphatic rings. The van der Waals surface area contributed by atoms with Crippen molar-refractivity contribution in [3.05, 3.63) is 29.8 Å². The molecule has 0 atom stereocenters. The third-order valence-corrected chi connectivity index (χ3v) is 3.55. The van der Waals surface area contributed by atoms with Crippen molar-refractivity contribution >= 4 is 0 Å². The first-order chi connectivity index (χ1) is 7.72. The fourth-order valence-electron chi connectivity index (χ4n) is 2.49. The highest BCUT2D eigenvalue weighted by molar-refractivity contribution is 5.28. The number of hydrogen-bond donors (Lipinski definition) is 1. The highest BCUT2D eigenvalue weighted by Crippen LogP contribution is 2.33. The summed E-state index contributed by atoms with van der Waals surface area (Å²) >= 11 is 0. The van der Waals surface area contributed by atoms with Gasteiger partial charge < -0.3 is 9.84 Å². The number of methoxy groups -OCH3 is 1. The molecule has 0 spiro atoms. The first kappa shape index (κ1) is 11.5. The molecule has 0 aliphatic heterocycles. The molecule has 2 nitrogen and oxygen atoms in total. The van der Waals surface area contributed by atoms with Gasteiger partial charge in [-0.25, -0.2) is 0 Å². The van der Waals surface area contributed by atoms with Gasteiger partial charge in [0.15, 0.2) is 0 Å². The first-order valence-electron chi connectivity index (χ1n) is 6.07. The zero-order chi connectivity index (χ0) is 11.4. The van der Waals surface area contributed by atoms with Gasteiger partial charge in [0.2, 0.25) is 0 Å². The van der Waals surface area contributed by atoms with Crippen LogP contribution in [0, 0.1) is 0 Å². The average Bonchev–Trinajstić information content (AvgIpc) is 2.75. The van der Waals surface area contributed by atoms with E-state index in [9.17, 15) is 5.11 Å². The standard InChI is InChI=1S/C14H20O2/c1-16-13-6-4-5-12(11-13)7-10-14(15)8-2-3-9-14/h4-6,11,15H,2-3,7-10H2,1H3. The Labute approximate surface area is 97.3 Å². The smallest absolute Gasteiger partial charge is 0.119 e. The van der Waals surface area contributed by atoms with Crippen molar-refractivity contribution < 1.29 is 9.84 Å². The molecule has 0 unspecified atom stereocenters. The molecule has 1 fully saturated rings. The van der Waals surface area contributed by atoms with Crippen molar-refractivity contribution in [2.75, 3.05) is 7.11 Å². The molecule has 16 heavy (non-hydrogen) atoms. The zero-order valence-electron chi connectivity index (χ0n) is 9.91. The largest absolute Gasteiger partial charge is 0.497 e. The van der Waals surface area contributed by atoms with Crippen LogP contribution in [0.25, 0.3) is 0 Å².